The molecule has 0 unspecified atom stereocenters. The van der Waals surface area contributed by atoms with Gasteiger partial charge in [-0.2, -0.15) is 5.10 Å². The average Bonchev–Trinajstić information content (AvgIpc) is 2.90. The third-order valence-corrected chi connectivity index (χ3v) is 4.86. The molecule has 4 rings (SSSR count). The van der Waals surface area contributed by atoms with Gasteiger partial charge in [-0.3, -0.25) is 5.10 Å². The molecule has 5 nitrogen and oxygen atoms in total. The molecular formula is C16H17BrN4O. The lowest BCUT2D eigenvalue weighted by molar-refractivity contribution is 0.0905. The molecule has 0 saturated carbocycles. The van der Waals surface area contributed by atoms with E-state index < -0.39 is 0 Å². The Labute approximate surface area is 136 Å². The van der Waals surface area contributed by atoms with Crippen LogP contribution in [-0.4, -0.2) is 34.4 Å². The Bertz CT molecular complexity index is 839. The number of halogens is 1. The van der Waals surface area contributed by atoms with E-state index in [0.29, 0.717) is 6.04 Å². The predicted octanol–water partition coefficient (Wildman–Crippen LogP) is 3.77. The maximum absolute atomic E-state index is 5.46. The summed E-state index contributed by atoms with van der Waals surface area (Å²) in [6, 6.07) is 6.60. The number of para-hydroxylation sites is 1. The number of benzene rings is 1. The SMILES string of the molecule is Cc1[nH]nc2nc3c(Br)cccc3c(NC3CCOCC3)c12. The van der Waals surface area contributed by atoms with Crippen molar-refractivity contribution < 1.29 is 4.74 Å². The van der Waals surface area contributed by atoms with Crippen LogP contribution in [0, 0.1) is 6.92 Å². The average molecular weight is 361 g/mol. The maximum Gasteiger partial charge on any atom is 0.183 e. The molecular weight excluding hydrogens is 344 g/mol. The van der Waals surface area contributed by atoms with Gasteiger partial charge in [-0.1, -0.05) is 12.1 Å². The number of hydrogen-bond acceptors (Lipinski definition) is 4. The largest absolute Gasteiger partial charge is 0.381 e. The fourth-order valence-corrected chi connectivity index (χ4v) is 3.52. The quantitative estimate of drug-likeness (QED) is 0.729. The van der Waals surface area contributed by atoms with Gasteiger partial charge in [-0.05, 0) is 41.8 Å². The van der Waals surface area contributed by atoms with Crippen molar-refractivity contribution in [2.24, 2.45) is 0 Å². The summed E-state index contributed by atoms with van der Waals surface area (Å²) >= 11 is 3.60. The first-order valence-electron chi connectivity index (χ1n) is 7.51. The molecule has 1 fully saturated rings. The van der Waals surface area contributed by atoms with E-state index in [4.69, 9.17) is 9.72 Å². The van der Waals surface area contributed by atoms with Crippen LogP contribution < -0.4 is 5.32 Å². The van der Waals surface area contributed by atoms with Gasteiger partial charge in [0.25, 0.3) is 0 Å². The Morgan fingerprint density at radius 2 is 2.14 bits per heavy atom. The third-order valence-electron chi connectivity index (χ3n) is 4.22. The number of aryl methyl sites for hydroxylation is 1. The molecule has 1 aromatic carbocycles. The molecule has 1 aliphatic heterocycles. The number of nitrogens with one attached hydrogen (secondary N) is 2. The molecule has 0 atom stereocenters. The summed E-state index contributed by atoms with van der Waals surface area (Å²) in [5.41, 5.74) is 3.86. The lowest BCUT2D eigenvalue weighted by Gasteiger charge is -2.25. The number of pyridine rings is 1. The molecule has 6 heteroatoms. The highest BCUT2D eigenvalue weighted by molar-refractivity contribution is 9.10. The van der Waals surface area contributed by atoms with Crippen LogP contribution in [0.5, 0.6) is 0 Å². The molecule has 0 amide bonds. The Kier molecular flexibility index (Phi) is 3.50. The number of aromatic nitrogens is 3. The summed E-state index contributed by atoms with van der Waals surface area (Å²) in [5.74, 6) is 0. The van der Waals surface area contributed by atoms with E-state index in [1.165, 1.54) is 0 Å². The molecule has 3 aromatic rings. The summed E-state index contributed by atoms with van der Waals surface area (Å²) in [6.07, 6.45) is 2.05. The van der Waals surface area contributed by atoms with E-state index >= 15 is 0 Å². The van der Waals surface area contributed by atoms with Crippen molar-refractivity contribution in [1.82, 2.24) is 15.2 Å². The van der Waals surface area contributed by atoms with Gasteiger partial charge in [0, 0.05) is 34.8 Å². The number of anilines is 1. The van der Waals surface area contributed by atoms with Crippen LogP contribution in [0.25, 0.3) is 21.9 Å². The lowest BCUT2D eigenvalue weighted by Crippen LogP contribution is -2.28. The van der Waals surface area contributed by atoms with E-state index in [-0.39, 0.29) is 0 Å². The van der Waals surface area contributed by atoms with E-state index in [9.17, 15) is 0 Å². The Hall–Kier alpha value is -1.66. The summed E-state index contributed by atoms with van der Waals surface area (Å²) < 4.78 is 6.45. The van der Waals surface area contributed by atoms with Gasteiger partial charge in [-0.25, -0.2) is 4.98 Å². The highest BCUT2D eigenvalue weighted by Gasteiger charge is 2.19. The second kappa shape index (κ2) is 5.52. The van der Waals surface area contributed by atoms with Crippen LogP contribution in [-0.2, 0) is 4.74 Å². The van der Waals surface area contributed by atoms with Crippen LogP contribution in [0.15, 0.2) is 22.7 Å². The van der Waals surface area contributed by atoms with Crippen LogP contribution in [0.4, 0.5) is 5.69 Å². The number of nitrogens with zero attached hydrogens (tertiary/aromatic N) is 2. The van der Waals surface area contributed by atoms with Crippen molar-refractivity contribution in [1.29, 1.82) is 0 Å². The van der Waals surface area contributed by atoms with Gasteiger partial charge < -0.3 is 10.1 Å². The smallest absolute Gasteiger partial charge is 0.183 e. The van der Waals surface area contributed by atoms with E-state index in [1.807, 2.05) is 19.1 Å². The highest BCUT2D eigenvalue weighted by atomic mass is 79.9. The van der Waals surface area contributed by atoms with Crippen molar-refractivity contribution in [2.45, 2.75) is 25.8 Å². The van der Waals surface area contributed by atoms with Gasteiger partial charge in [-0.15, -0.1) is 0 Å². The summed E-state index contributed by atoms with van der Waals surface area (Å²) in [6.45, 7) is 3.67. The molecule has 1 aliphatic rings. The van der Waals surface area contributed by atoms with E-state index in [2.05, 4.69) is 37.5 Å². The molecule has 1 saturated heterocycles. The molecule has 0 radical (unpaired) electrons. The lowest BCUT2D eigenvalue weighted by atomic mass is 10.1. The van der Waals surface area contributed by atoms with Crippen LogP contribution in [0.3, 0.4) is 0 Å². The molecule has 2 aromatic heterocycles. The molecule has 2 N–H and O–H groups in total. The second-order valence-electron chi connectivity index (χ2n) is 5.70. The molecule has 0 bridgehead atoms. The first kappa shape index (κ1) is 14.0. The van der Waals surface area contributed by atoms with Gasteiger partial charge in [0.15, 0.2) is 5.65 Å². The number of H-pyrrole nitrogens is 1. The predicted molar refractivity (Wildman–Crippen MR) is 91.3 cm³/mol. The maximum atomic E-state index is 5.46. The zero-order valence-corrected chi connectivity index (χ0v) is 13.9. The highest BCUT2D eigenvalue weighted by Crippen LogP contribution is 2.35. The topological polar surface area (TPSA) is 62.8 Å². The molecule has 3 heterocycles. The standard InChI is InChI=1S/C16H17BrN4O/c1-9-13-15(18-10-5-7-22-8-6-10)11-3-2-4-12(17)14(11)19-16(13)21-20-9/h2-4,10H,5-8H2,1H3,(H2,18,19,20,21). The van der Waals surface area contributed by atoms with Crippen molar-refractivity contribution in [3.63, 3.8) is 0 Å². The van der Waals surface area contributed by atoms with Crippen molar-refractivity contribution >= 4 is 43.6 Å². The number of fused-ring (bicyclic) bond motifs is 2. The van der Waals surface area contributed by atoms with Crippen LogP contribution in [0.1, 0.15) is 18.5 Å². The number of rotatable bonds is 2. The minimum Gasteiger partial charge on any atom is -0.381 e. The first-order valence-corrected chi connectivity index (χ1v) is 8.30. The Morgan fingerprint density at radius 1 is 1.32 bits per heavy atom. The normalized spacial score (nSPS) is 16.5. The minimum absolute atomic E-state index is 0.427. The van der Waals surface area contributed by atoms with Crippen molar-refractivity contribution in [3.8, 4) is 0 Å². The minimum atomic E-state index is 0.427. The van der Waals surface area contributed by atoms with Crippen LogP contribution in [0.2, 0.25) is 0 Å². The number of aromatic amines is 1. The fourth-order valence-electron chi connectivity index (χ4n) is 3.06. The molecule has 114 valence electrons. The third kappa shape index (κ3) is 2.27. The fraction of sp³-hybridized carbons (Fsp3) is 0.375. The van der Waals surface area contributed by atoms with Crippen molar-refractivity contribution in [3.05, 3.63) is 28.4 Å². The number of ether oxygens (including phenoxy) is 1. The summed E-state index contributed by atoms with van der Waals surface area (Å²) in [7, 11) is 0. The molecule has 0 spiro atoms. The summed E-state index contributed by atoms with van der Waals surface area (Å²) in [5, 5.41) is 13.3. The molecule has 22 heavy (non-hydrogen) atoms. The number of hydrogen-bond donors (Lipinski definition) is 2. The van der Waals surface area contributed by atoms with Crippen molar-refractivity contribution in [2.75, 3.05) is 18.5 Å². The second-order valence-corrected chi connectivity index (χ2v) is 6.56. The van der Waals surface area contributed by atoms with Crippen LogP contribution >= 0.6 is 15.9 Å². The van der Waals surface area contributed by atoms with Gasteiger partial charge in [0.05, 0.1) is 16.6 Å². The van der Waals surface area contributed by atoms with E-state index in [1.54, 1.807) is 0 Å². The van der Waals surface area contributed by atoms with Gasteiger partial charge in [0.2, 0.25) is 0 Å². The monoisotopic (exact) mass is 360 g/mol. The first-order chi connectivity index (χ1) is 10.7. The van der Waals surface area contributed by atoms with Gasteiger partial charge >= 0.3 is 0 Å². The molecule has 0 aliphatic carbocycles. The Morgan fingerprint density at radius 3 is 2.95 bits per heavy atom. The summed E-state index contributed by atoms with van der Waals surface area (Å²) in [4.78, 5) is 4.70. The Balaban J connectivity index is 1.94. The van der Waals surface area contributed by atoms with E-state index in [0.717, 1.165) is 63.8 Å². The van der Waals surface area contributed by atoms with Gasteiger partial charge in [0.1, 0.15) is 0 Å². The zero-order valence-electron chi connectivity index (χ0n) is 12.3. The zero-order chi connectivity index (χ0) is 15.1.